The van der Waals surface area contributed by atoms with Gasteiger partial charge in [-0.2, -0.15) is 0 Å². The van der Waals surface area contributed by atoms with Gasteiger partial charge >= 0.3 is 5.97 Å². The van der Waals surface area contributed by atoms with Crippen LogP contribution in [-0.2, 0) is 16.1 Å². The van der Waals surface area contributed by atoms with Crippen molar-refractivity contribution >= 4 is 17.6 Å². The molecule has 3 rings (SSSR count). The number of esters is 1. The van der Waals surface area contributed by atoms with Crippen LogP contribution in [0.5, 0.6) is 0 Å². The molecule has 1 atom stereocenters. The average Bonchev–Trinajstić information content (AvgIpc) is 2.74. The highest BCUT2D eigenvalue weighted by Crippen LogP contribution is 2.15. The van der Waals surface area contributed by atoms with Gasteiger partial charge in [-0.1, -0.05) is 30.3 Å². The molecule has 0 radical (unpaired) electrons. The number of nitrogens with zero attached hydrogens (tertiary/aromatic N) is 3. The molecule has 0 bridgehead atoms. The second-order valence-corrected chi connectivity index (χ2v) is 7.58. The number of hydrogen-bond acceptors (Lipinski definition) is 5. The van der Waals surface area contributed by atoms with E-state index in [0.29, 0.717) is 18.7 Å². The van der Waals surface area contributed by atoms with Gasteiger partial charge in [0, 0.05) is 52.5 Å². The first-order chi connectivity index (χ1) is 13.9. The van der Waals surface area contributed by atoms with Gasteiger partial charge < -0.3 is 14.5 Å². The fraction of sp³-hybridized carbons (Fsp3) is 0.391. The van der Waals surface area contributed by atoms with Crippen LogP contribution in [-0.4, -0.2) is 68.1 Å². The topological polar surface area (TPSA) is 53.1 Å². The third kappa shape index (κ3) is 5.57. The van der Waals surface area contributed by atoms with Crippen molar-refractivity contribution in [2.75, 3.05) is 45.2 Å². The summed E-state index contributed by atoms with van der Waals surface area (Å²) in [7, 11) is 3.88. The fourth-order valence-electron chi connectivity index (χ4n) is 3.40. The standard InChI is InChI=1S/C23H29N3O3/c1-18(29-23(28)20-9-11-21(12-10-20)24(2)3)22(27)26-15-13-25(14-16-26)17-19-7-5-4-6-8-19/h4-12,18H,13-17H2,1-3H3. The van der Waals surface area contributed by atoms with Crippen LogP contribution >= 0.6 is 0 Å². The summed E-state index contributed by atoms with van der Waals surface area (Å²) in [5.74, 6) is -0.610. The molecule has 6 heteroatoms. The molecule has 1 saturated heterocycles. The maximum absolute atomic E-state index is 12.7. The third-order valence-electron chi connectivity index (χ3n) is 5.18. The van der Waals surface area contributed by atoms with Crippen molar-refractivity contribution in [2.45, 2.75) is 19.6 Å². The summed E-state index contributed by atoms with van der Waals surface area (Å²) in [6, 6.07) is 17.5. The molecule has 29 heavy (non-hydrogen) atoms. The lowest BCUT2D eigenvalue weighted by Crippen LogP contribution is -2.51. The van der Waals surface area contributed by atoms with Crippen molar-refractivity contribution in [3.63, 3.8) is 0 Å². The Morgan fingerprint density at radius 3 is 2.17 bits per heavy atom. The molecule has 0 aliphatic carbocycles. The number of ether oxygens (including phenoxy) is 1. The Morgan fingerprint density at radius 2 is 1.59 bits per heavy atom. The number of amides is 1. The highest BCUT2D eigenvalue weighted by atomic mass is 16.5. The maximum Gasteiger partial charge on any atom is 0.338 e. The van der Waals surface area contributed by atoms with E-state index in [4.69, 9.17) is 4.74 Å². The SMILES string of the molecule is CC(OC(=O)c1ccc(N(C)C)cc1)C(=O)N1CCN(Cc2ccccc2)CC1. The molecule has 154 valence electrons. The number of benzene rings is 2. The summed E-state index contributed by atoms with van der Waals surface area (Å²) in [6.45, 7) is 5.44. The zero-order valence-corrected chi connectivity index (χ0v) is 17.4. The number of piperazine rings is 1. The van der Waals surface area contributed by atoms with Gasteiger partial charge in [0.2, 0.25) is 0 Å². The van der Waals surface area contributed by atoms with Crippen LogP contribution in [0.1, 0.15) is 22.8 Å². The summed E-state index contributed by atoms with van der Waals surface area (Å²) in [6.07, 6.45) is -0.795. The summed E-state index contributed by atoms with van der Waals surface area (Å²) < 4.78 is 5.42. The van der Waals surface area contributed by atoms with E-state index >= 15 is 0 Å². The lowest BCUT2D eigenvalue weighted by Gasteiger charge is -2.35. The molecule has 0 aromatic heterocycles. The molecule has 0 spiro atoms. The Morgan fingerprint density at radius 1 is 0.966 bits per heavy atom. The number of rotatable bonds is 6. The van der Waals surface area contributed by atoms with Crippen molar-refractivity contribution in [2.24, 2.45) is 0 Å². The summed E-state index contributed by atoms with van der Waals surface area (Å²) in [5, 5.41) is 0. The van der Waals surface area contributed by atoms with Crippen LogP contribution < -0.4 is 4.90 Å². The van der Waals surface area contributed by atoms with Crippen LogP contribution in [0.25, 0.3) is 0 Å². The molecule has 0 saturated carbocycles. The summed E-state index contributed by atoms with van der Waals surface area (Å²) in [5.41, 5.74) is 2.72. The fourth-order valence-corrected chi connectivity index (χ4v) is 3.40. The predicted octanol–water partition coefficient (Wildman–Crippen LogP) is 2.64. The number of carbonyl (C=O) groups is 2. The first-order valence-corrected chi connectivity index (χ1v) is 9.97. The molecule has 1 aliphatic rings. The lowest BCUT2D eigenvalue weighted by molar-refractivity contribution is -0.141. The van der Waals surface area contributed by atoms with Gasteiger partial charge in [-0.05, 0) is 36.8 Å². The Bertz CT molecular complexity index is 813. The second kappa shape index (κ2) is 9.56. The molecule has 2 aromatic carbocycles. The van der Waals surface area contributed by atoms with Crippen LogP contribution in [0.4, 0.5) is 5.69 Å². The van der Waals surface area contributed by atoms with Crippen molar-refractivity contribution < 1.29 is 14.3 Å². The zero-order chi connectivity index (χ0) is 20.8. The molecule has 6 nitrogen and oxygen atoms in total. The predicted molar refractivity (Wildman–Crippen MR) is 114 cm³/mol. The third-order valence-corrected chi connectivity index (χ3v) is 5.18. The lowest BCUT2D eigenvalue weighted by atomic mass is 10.2. The molecular weight excluding hydrogens is 366 g/mol. The molecule has 1 heterocycles. The molecule has 1 unspecified atom stereocenters. The van der Waals surface area contributed by atoms with E-state index < -0.39 is 12.1 Å². The van der Waals surface area contributed by atoms with Crippen LogP contribution in [0.3, 0.4) is 0 Å². The minimum absolute atomic E-state index is 0.136. The first kappa shape index (κ1) is 20.9. The number of anilines is 1. The molecule has 1 aliphatic heterocycles. The molecular formula is C23H29N3O3. The maximum atomic E-state index is 12.7. The molecule has 1 amide bonds. The smallest absolute Gasteiger partial charge is 0.338 e. The van der Waals surface area contributed by atoms with Crippen molar-refractivity contribution in [3.8, 4) is 0 Å². The Kier molecular flexibility index (Phi) is 6.88. The minimum atomic E-state index is -0.795. The first-order valence-electron chi connectivity index (χ1n) is 9.97. The quantitative estimate of drug-likeness (QED) is 0.704. The van der Waals surface area contributed by atoms with E-state index in [1.54, 1.807) is 24.0 Å². The van der Waals surface area contributed by atoms with Crippen molar-refractivity contribution in [1.29, 1.82) is 0 Å². The minimum Gasteiger partial charge on any atom is -0.449 e. The summed E-state index contributed by atoms with van der Waals surface area (Å²) >= 11 is 0. The van der Waals surface area contributed by atoms with Crippen LogP contribution in [0.15, 0.2) is 54.6 Å². The van der Waals surface area contributed by atoms with Crippen molar-refractivity contribution in [1.82, 2.24) is 9.80 Å². The van der Waals surface area contributed by atoms with Gasteiger partial charge in [-0.25, -0.2) is 4.79 Å². The molecule has 0 N–H and O–H groups in total. The zero-order valence-electron chi connectivity index (χ0n) is 17.4. The van der Waals surface area contributed by atoms with Gasteiger partial charge in [-0.3, -0.25) is 9.69 Å². The Balaban J connectivity index is 1.48. The normalized spacial score (nSPS) is 15.6. The van der Waals surface area contributed by atoms with Gasteiger partial charge in [-0.15, -0.1) is 0 Å². The van der Waals surface area contributed by atoms with E-state index in [2.05, 4.69) is 17.0 Å². The Labute approximate surface area is 172 Å². The van der Waals surface area contributed by atoms with E-state index in [9.17, 15) is 9.59 Å². The van der Waals surface area contributed by atoms with Crippen LogP contribution in [0.2, 0.25) is 0 Å². The molecule has 1 fully saturated rings. The highest BCUT2D eigenvalue weighted by molar-refractivity contribution is 5.92. The van der Waals surface area contributed by atoms with E-state index in [0.717, 1.165) is 25.3 Å². The van der Waals surface area contributed by atoms with E-state index in [-0.39, 0.29) is 5.91 Å². The Hall–Kier alpha value is -2.86. The van der Waals surface area contributed by atoms with Crippen LogP contribution in [0, 0.1) is 0 Å². The highest BCUT2D eigenvalue weighted by Gasteiger charge is 2.27. The monoisotopic (exact) mass is 395 g/mol. The summed E-state index contributed by atoms with van der Waals surface area (Å²) in [4.78, 5) is 31.1. The second-order valence-electron chi connectivity index (χ2n) is 7.58. The average molecular weight is 396 g/mol. The van der Waals surface area contributed by atoms with Gasteiger partial charge in [0.15, 0.2) is 6.10 Å². The largest absolute Gasteiger partial charge is 0.449 e. The van der Waals surface area contributed by atoms with E-state index in [1.807, 2.05) is 49.3 Å². The molecule has 2 aromatic rings. The van der Waals surface area contributed by atoms with E-state index in [1.165, 1.54) is 5.56 Å². The number of carbonyl (C=O) groups excluding carboxylic acids is 2. The van der Waals surface area contributed by atoms with Gasteiger partial charge in [0.25, 0.3) is 5.91 Å². The van der Waals surface area contributed by atoms with Gasteiger partial charge in [0.05, 0.1) is 5.56 Å². The number of hydrogen-bond donors (Lipinski definition) is 0. The van der Waals surface area contributed by atoms with Crippen molar-refractivity contribution in [3.05, 3.63) is 65.7 Å². The van der Waals surface area contributed by atoms with Gasteiger partial charge in [0.1, 0.15) is 0 Å².